The average molecular weight is 266 g/mol. The van der Waals surface area contributed by atoms with Gasteiger partial charge in [0.1, 0.15) is 18.1 Å². The summed E-state index contributed by atoms with van der Waals surface area (Å²) in [5.74, 6) is 1.86. The molecule has 5 nitrogen and oxygen atoms in total. The second-order valence-electron chi connectivity index (χ2n) is 4.08. The lowest BCUT2D eigenvalue weighted by molar-refractivity contribution is 0.289. The van der Waals surface area contributed by atoms with Crippen LogP contribution in [-0.4, -0.2) is 5.16 Å². The van der Waals surface area contributed by atoms with Crippen molar-refractivity contribution >= 4 is 0 Å². The zero-order chi connectivity index (χ0) is 13.8. The van der Waals surface area contributed by atoms with Gasteiger partial charge in [0.15, 0.2) is 5.76 Å². The van der Waals surface area contributed by atoms with Gasteiger partial charge in [-0.15, -0.1) is 0 Å². The van der Waals surface area contributed by atoms with E-state index in [1.54, 1.807) is 48.7 Å². The van der Waals surface area contributed by atoms with Crippen molar-refractivity contribution < 1.29 is 13.7 Å². The van der Waals surface area contributed by atoms with Crippen molar-refractivity contribution in [1.82, 2.24) is 5.16 Å². The average Bonchev–Trinajstić information content (AvgIpc) is 3.16. The zero-order valence-corrected chi connectivity index (χ0v) is 10.4. The third-order valence-electron chi connectivity index (χ3n) is 2.69. The third-order valence-corrected chi connectivity index (χ3v) is 2.69. The predicted molar refractivity (Wildman–Crippen MR) is 69.7 cm³/mol. The standard InChI is InChI=1S/C15H10N2O3/c16-9-11-3-5-13(6-4-11)19-10-12-8-15(20-17-12)14-2-1-7-18-14/h1-8H,10H2. The molecular weight excluding hydrogens is 256 g/mol. The van der Waals surface area contributed by atoms with Crippen molar-refractivity contribution in [2.24, 2.45) is 0 Å². The van der Waals surface area contributed by atoms with Crippen molar-refractivity contribution in [3.63, 3.8) is 0 Å². The first kappa shape index (κ1) is 12.1. The number of nitriles is 1. The number of rotatable bonds is 4. The third kappa shape index (κ3) is 2.54. The Labute approximate surface area is 115 Å². The molecular formula is C15H10N2O3. The van der Waals surface area contributed by atoms with Crippen molar-refractivity contribution in [1.29, 1.82) is 5.26 Å². The van der Waals surface area contributed by atoms with Gasteiger partial charge in [-0.3, -0.25) is 0 Å². The Morgan fingerprint density at radius 3 is 2.70 bits per heavy atom. The zero-order valence-electron chi connectivity index (χ0n) is 10.4. The molecule has 0 bridgehead atoms. The maximum absolute atomic E-state index is 8.71. The van der Waals surface area contributed by atoms with Crippen LogP contribution in [0.15, 0.2) is 57.7 Å². The second kappa shape index (κ2) is 5.33. The van der Waals surface area contributed by atoms with Gasteiger partial charge in [0.2, 0.25) is 5.76 Å². The van der Waals surface area contributed by atoms with Crippen molar-refractivity contribution in [2.45, 2.75) is 6.61 Å². The highest BCUT2D eigenvalue weighted by Gasteiger charge is 2.09. The number of hydrogen-bond donors (Lipinski definition) is 0. The molecule has 0 aliphatic carbocycles. The molecule has 0 unspecified atom stereocenters. The maximum Gasteiger partial charge on any atom is 0.202 e. The Morgan fingerprint density at radius 2 is 2.00 bits per heavy atom. The molecule has 0 spiro atoms. The summed E-state index contributed by atoms with van der Waals surface area (Å²) >= 11 is 0. The molecule has 3 rings (SSSR count). The van der Waals surface area contributed by atoms with Crippen LogP contribution in [0.25, 0.3) is 11.5 Å². The smallest absolute Gasteiger partial charge is 0.202 e. The number of nitrogens with zero attached hydrogens (tertiary/aromatic N) is 2. The number of benzene rings is 1. The molecule has 1 aromatic carbocycles. The van der Waals surface area contributed by atoms with Crippen LogP contribution in [0, 0.1) is 11.3 Å². The van der Waals surface area contributed by atoms with Gasteiger partial charge < -0.3 is 13.7 Å². The summed E-state index contributed by atoms with van der Waals surface area (Å²) in [5, 5.41) is 12.6. The molecule has 98 valence electrons. The topological polar surface area (TPSA) is 72.2 Å². The minimum atomic E-state index is 0.288. The van der Waals surface area contributed by atoms with E-state index in [0.717, 1.165) is 0 Å². The number of furan rings is 1. The Bertz CT molecular complexity index is 721. The molecule has 5 heteroatoms. The first-order valence-electron chi connectivity index (χ1n) is 5.97. The van der Waals surface area contributed by atoms with Crippen LogP contribution in [0.1, 0.15) is 11.3 Å². The van der Waals surface area contributed by atoms with Crippen LogP contribution < -0.4 is 4.74 Å². The van der Waals surface area contributed by atoms with Gasteiger partial charge in [0.25, 0.3) is 0 Å². The normalized spacial score (nSPS) is 10.2. The van der Waals surface area contributed by atoms with Gasteiger partial charge in [-0.25, -0.2) is 0 Å². The maximum atomic E-state index is 8.71. The summed E-state index contributed by atoms with van der Waals surface area (Å²) < 4.78 is 15.9. The van der Waals surface area contributed by atoms with Crippen molar-refractivity contribution in [2.75, 3.05) is 0 Å². The molecule has 0 amide bonds. The summed E-state index contributed by atoms with van der Waals surface area (Å²) in [5.41, 5.74) is 1.26. The molecule has 0 saturated carbocycles. The fourth-order valence-corrected chi connectivity index (χ4v) is 1.70. The highest BCUT2D eigenvalue weighted by atomic mass is 16.5. The van der Waals surface area contributed by atoms with E-state index < -0.39 is 0 Å². The van der Waals surface area contributed by atoms with E-state index in [0.29, 0.717) is 28.5 Å². The fourth-order valence-electron chi connectivity index (χ4n) is 1.70. The summed E-state index contributed by atoms with van der Waals surface area (Å²) in [6, 6.07) is 14.3. The van der Waals surface area contributed by atoms with Crippen LogP contribution >= 0.6 is 0 Å². The molecule has 2 aromatic heterocycles. The van der Waals surface area contributed by atoms with E-state index in [4.69, 9.17) is 18.9 Å². The SMILES string of the molecule is N#Cc1ccc(OCc2cc(-c3ccco3)on2)cc1. The number of hydrogen-bond acceptors (Lipinski definition) is 5. The molecule has 0 N–H and O–H groups in total. The lowest BCUT2D eigenvalue weighted by atomic mass is 10.2. The summed E-state index contributed by atoms with van der Waals surface area (Å²) in [6.07, 6.45) is 1.57. The minimum Gasteiger partial charge on any atom is -0.487 e. The van der Waals surface area contributed by atoms with Gasteiger partial charge in [0.05, 0.1) is 17.9 Å². The molecule has 0 fully saturated rings. The molecule has 3 aromatic rings. The molecule has 2 heterocycles. The molecule has 0 aliphatic heterocycles. The molecule has 0 saturated heterocycles. The van der Waals surface area contributed by atoms with E-state index >= 15 is 0 Å². The molecule has 0 atom stereocenters. The summed E-state index contributed by atoms with van der Waals surface area (Å²) in [7, 11) is 0. The van der Waals surface area contributed by atoms with Crippen LogP contribution in [-0.2, 0) is 6.61 Å². The lowest BCUT2D eigenvalue weighted by Gasteiger charge is -2.02. The fraction of sp³-hybridized carbons (Fsp3) is 0.0667. The van der Waals surface area contributed by atoms with Crippen molar-refractivity contribution in [3.8, 4) is 23.3 Å². The lowest BCUT2D eigenvalue weighted by Crippen LogP contribution is -1.95. The Balaban J connectivity index is 1.65. The number of ether oxygens (including phenoxy) is 1. The monoisotopic (exact) mass is 266 g/mol. The van der Waals surface area contributed by atoms with E-state index in [9.17, 15) is 0 Å². The highest BCUT2D eigenvalue weighted by molar-refractivity contribution is 5.49. The molecule has 0 aliphatic rings. The van der Waals surface area contributed by atoms with Crippen LogP contribution in [0.5, 0.6) is 5.75 Å². The van der Waals surface area contributed by atoms with Gasteiger partial charge >= 0.3 is 0 Å². The Kier molecular flexibility index (Phi) is 3.21. The first-order chi connectivity index (χ1) is 9.85. The van der Waals surface area contributed by atoms with Gasteiger partial charge in [0, 0.05) is 6.07 Å². The Hall–Kier alpha value is -3.00. The second-order valence-corrected chi connectivity index (χ2v) is 4.08. The predicted octanol–water partition coefficient (Wildman–Crippen LogP) is 3.39. The van der Waals surface area contributed by atoms with Crippen molar-refractivity contribution in [3.05, 3.63) is 60.0 Å². The van der Waals surface area contributed by atoms with Gasteiger partial charge in [-0.1, -0.05) is 5.16 Å². The largest absolute Gasteiger partial charge is 0.487 e. The number of aromatic nitrogens is 1. The van der Waals surface area contributed by atoms with E-state index in [1.165, 1.54) is 0 Å². The molecule has 20 heavy (non-hydrogen) atoms. The van der Waals surface area contributed by atoms with E-state index in [-0.39, 0.29) is 6.61 Å². The van der Waals surface area contributed by atoms with E-state index in [2.05, 4.69) is 11.2 Å². The quantitative estimate of drug-likeness (QED) is 0.723. The summed E-state index contributed by atoms with van der Waals surface area (Å²) in [4.78, 5) is 0. The minimum absolute atomic E-state index is 0.288. The van der Waals surface area contributed by atoms with Gasteiger partial charge in [-0.2, -0.15) is 5.26 Å². The first-order valence-corrected chi connectivity index (χ1v) is 5.97. The van der Waals surface area contributed by atoms with Gasteiger partial charge in [-0.05, 0) is 36.4 Å². The summed E-state index contributed by atoms with van der Waals surface area (Å²) in [6.45, 7) is 0.288. The Morgan fingerprint density at radius 1 is 1.15 bits per heavy atom. The van der Waals surface area contributed by atoms with Crippen LogP contribution in [0.4, 0.5) is 0 Å². The highest BCUT2D eigenvalue weighted by Crippen LogP contribution is 2.21. The van der Waals surface area contributed by atoms with Crippen LogP contribution in [0.2, 0.25) is 0 Å². The molecule has 0 radical (unpaired) electrons. The van der Waals surface area contributed by atoms with E-state index in [1.807, 2.05) is 0 Å². The van der Waals surface area contributed by atoms with Crippen LogP contribution in [0.3, 0.4) is 0 Å².